The fourth-order valence-electron chi connectivity index (χ4n) is 3.95. The summed E-state index contributed by atoms with van der Waals surface area (Å²) < 4.78 is 68.7. The summed E-state index contributed by atoms with van der Waals surface area (Å²) in [6, 6.07) is 0.643. The molecule has 0 radical (unpaired) electrons. The van der Waals surface area contributed by atoms with Crippen molar-refractivity contribution in [2.75, 3.05) is 11.4 Å². The number of hydrogen-bond acceptors (Lipinski definition) is 6. The van der Waals surface area contributed by atoms with E-state index in [1.807, 2.05) is 0 Å². The third-order valence-electron chi connectivity index (χ3n) is 6.08. The van der Waals surface area contributed by atoms with E-state index in [0.717, 1.165) is 15.7 Å². The number of halogens is 5. The molecule has 1 fully saturated rings. The molecular weight excluding hydrogens is 505 g/mol. The minimum atomic E-state index is -4.79. The van der Waals surface area contributed by atoms with Crippen LogP contribution in [0.2, 0.25) is 0 Å². The number of rotatable bonds is 5. The average molecular weight is 525 g/mol. The van der Waals surface area contributed by atoms with Crippen LogP contribution >= 0.6 is 0 Å². The normalized spacial score (nSPS) is 18.9. The quantitative estimate of drug-likeness (QED) is 0.495. The number of aliphatic hydroxyl groups is 1. The highest BCUT2D eigenvalue weighted by Crippen LogP contribution is 2.27. The van der Waals surface area contributed by atoms with Gasteiger partial charge in [0.15, 0.2) is 17.3 Å². The topological polar surface area (TPSA) is 117 Å². The lowest BCUT2D eigenvalue weighted by atomic mass is 10.1. The maximum atomic E-state index is 14.7. The van der Waals surface area contributed by atoms with Crippen LogP contribution in [0.5, 0.6) is 0 Å². The summed E-state index contributed by atoms with van der Waals surface area (Å²) in [6.45, 7) is 2.59. The first-order chi connectivity index (χ1) is 17.3. The highest BCUT2D eigenvalue weighted by Gasteiger charge is 2.40. The maximum absolute atomic E-state index is 14.7. The Bertz CT molecular complexity index is 1460. The van der Waals surface area contributed by atoms with Gasteiger partial charge in [0.2, 0.25) is 11.3 Å². The molecule has 9 nitrogen and oxygen atoms in total. The lowest BCUT2D eigenvalue weighted by Crippen LogP contribution is -2.46. The van der Waals surface area contributed by atoms with Crippen molar-refractivity contribution in [3.63, 3.8) is 0 Å². The number of nitrogens with one attached hydrogen (secondary N) is 1. The number of aromatic nitrogens is 3. The van der Waals surface area contributed by atoms with Gasteiger partial charge in [0.1, 0.15) is 23.2 Å². The molecule has 0 bridgehead atoms. The molecule has 3 aromatic rings. The molecule has 2 N–H and O–H groups in total. The molecular formula is C23H20F5N5O4. The lowest BCUT2D eigenvalue weighted by Gasteiger charge is -2.21. The molecule has 14 heteroatoms. The summed E-state index contributed by atoms with van der Waals surface area (Å²) in [5.74, 6) is -5.43. The molecule has 1 aliphatic rings. The van der Waals surface area contributed by atoms with E-state index in [4.69, 9.17) is 0 Å². The molecule has 4 rings (SSSR count). The Morgan fingerprint density at radius 1 is 1.27 bits per heavy atom. The van der Waals surface area contributed by atoms with E-state index < -0.39 is 70.9 Å². The largest absolute Gasteiger partial charge is 0.408 e. The van der Waals surface area contributed by atoms with E-state index in [1.165, 1.54) is 26.0 Å². The lowest BCUT2D eigenvalue weighted by molar-refractivity contribution is -0.153. The number of fused-ring (bicyclic) bond motifs is 1. The molecule has 0 spiro atoms. The van der Waals surface area contributed by atoms with Crippen molar-refractivity contribution in [3.05, 3.63) is 58.0 Å². The Morgan fingerprint density at radius 3 is 2.54 bits per heavy atom. The number of pyridine rings is 3. The van der Waals surface area contributed by atoms with Crippen LogP contribution in [0, 0.1) is 17.6 Å². The van der Waals surface area contributed by atoms with Gasteiger partial charge < -0.3 is 10.4 Å². The van der Waals surface area contributed by atoms with Crippen molar-refractivity contribution in [2.24, 2.45) is 5.92 Å². The van der Waals surface area contributed by atoms with Crippen molar-refractivity contribution in [2.45, 2.75) is 38.6 Å². The first kappa shape index (κ1) is 26.1. The van der Waals surface area contributed by atoms with Gasteiger partial charge in [-0.1, -0.05) is 13.8 Å². The van der Waals surface area contributed by atoms with Gasteiger partial charge in [-0.15, -0.1) is 0 Å². The van der Waals surface area contributed by atoms with E-state index in [0.29, 0.717) is 12.3 Å². The van der Waals surface area contributed by atoms with E-state index in [2.05, 4.69) is 9.97 Å². The van der Waals surface area contributed by atoms with E-state index in [9.17, 15) is 41.4 Å². The molecule has 0 saturated carbocycles. The molecule has 37 heavy (non-hydrogen) atoms. The summed E-state index contributed by atoms with van der Waals surface area (Å²) in [5.41, 5.74) is -2.08. The average Bonchev–Trinajstić information content (AvgIpc) is 3.09. The number of nitrogens with zero attached hydrogens (tertiary/aromatic N) is 4. The smallest absolute Gasteiger partial charge is 0.390 e. The second kappa shape index (κ2) is 9.50. The van der Waals surface area contributed by atoms with E-state index in [-0.39, 0.29) is 23.4 Å². The van der Waals surface area contributed by atoms with Gasteiger partial charge in [-0.05, 0) is 18.6 Å². The highest BCUT2D eigenvalue weighted by molar-refractivity contribution is 5.99. The molecule has 2 amide bonds. The second-order valence-corrected chi connectivity index (χ2v) is 8.52. The van der Waals surface area contributed by atoms with Crippen molar-refractivity contribution in [1.82, 2.24) is 19.9 Å². The third-order valence-corrected chi connectivity index (χ3v) is 6.08. The van der Waals surface area contributed by atoms with Crippen molar-refractivity contribution >= 4 is 28.7 Å². The van der Waals surface area contributed by atoms with E-state index in [1.54, 1.807) is 5.32 Å². The van der Waals surface area contributed by atoms with Gasteiger partial charge in [-0.2, -0.15) is 13.2 Å². The van der Waals surface area contributed by atoms with Gasteiger partial charge >= 0.3 is 6.18 Å². The molecule has 0 aliphatic carbocycles. The number of alkyl halides is 3. The van der Waals surface area contributed by atoms with Crippen LogP contribution in [0.1, 0.15) is 30.6 Å². The Morgan fingerprint density at radius 2 is 1.97 bits per heavy atom. The monoisotopic (exact) mass is 525 g/mol. The van der Waals surface area contributed by atoms with Gasteiger partial charge in [0.05, 0.1) is 30.1 Å². The highest BCUT2D eigenvalue weighted by atomic mass is 19.4. The zero-order valence-electron chi connectivity index (χ0n) is 19.4. The number of amides is 2. The minimum absolute atomic E-state index is 0.0168. The van der Waals surface area contributed by atoms with Crippen LogP contribution < -0.4 is 15.6 Å². The Hall–Kier alpha value is -3.94. The first-order valence-electron chi connectivity index (χ1n) is 11.1. The molecule has 3 aromatic heterocycles. The van der Waals surface area contributed by atoms with Gasteiger partial charge in [0, 0.05) is 12.3 Å². The van der Waals surface area contributed by atoms with Gasteiger partial charge in [0.25, 0.3) is 5.91 Å². The summed E-state index contributed by atoms with van der Waals surface area (Å²) in [7, 11) is 0. The van der Waals surface area contributed by atoms with Crippen molar-refractivity contribution in [1.29, 1.82) is 0 Å². The second-order valence-electron chi connectivity index (χ2n) is 8.52. The Kier molecular flexibility index (Phi) is 6.71. The zero-order chi connectivity index (χ0) is 27.2. The summed E-state index contributed by atoms with van der Waals surface area (Å²) in [4.78, 5) is 47.4. The molecule has 0 aromatic carbocycles. The predicted octanol–water partition coefficient (Wildman–Crippen LogP) is 2.47. The van der Waals surface area contributed by atoms with Gasteiger partial charge in [-0.25, -0.2) is 18.7 Å². The predicted molar refractivity (Wildman–Crippen MR) is 120 cm³/mol. The number of β-amino-alcohol motifs (C(OH)–C–C–N with tert-alkyl or cyclic N) is 1. The van der Waals surface area contributed by atoms with Gasteiger partial charge in [-0.3, -0.25) is 23.9 Å². The molecule has 196 valence electrons. The fraction of sp³-hybridized carbons (Fsp3) is 0.348. The molecule has 3 unspecified atom stereocenters. The number of carbonyl (C=O) groups excluding carboxylic acids is 2. The molecule has 4 heterocycles. The maximum Gasteiger partial charge on any atom is 0.408 e. The summed E-state index contributed by atoms with van der Waals surface area (Å²) in [5, 5.41) is 11.5. The third kappa shape index (κ3) is 4.75. The van der Waals surface area contributed by atoms with Crippen LogP contribution in [0.25, 0.3) is 16.9 Å². The minimum Gasteiger partial charge on any atom is -0.390 e. The molecule has 1 saturated heterocycles. The van der Waals surface area contributed by atoms with E-state index >= 15 is 0 Å². The Labute approximate surface area is 205 Å². The van der Waals surface area contributed by atoms with Crippen LogP contribution in [-0.2, 0) is 4.79 Å². The molecule has 1 aliphatic heterocycles. The van der Waals surface area contributed by atoms with Crippen molar-refractivity contribution < 1.29 is 36.6 Å². The Balaban J connectivity index is 1.92. The number of anilines is 1. The number of carbonyl (C=O) groups is 2. The molecule has 3 atom stereocenters. The van der Waals surface area contributed by atoms with Crippen LogP contribution in [-0.4, -0.2) is 56.3 Å². The summed E-state index contributed by atoms with van der Waals surface area (Å²) >= 11 is 0. The van der Waals surface area contributed by atoms with Crippen LogP contribution in [0.4, 0.5) is 27.8 Å². The van der Waals surface area contributed by atoms with Crippen LogP contribution in [0.15, 0.2) is 35.4 Å². The standard InChI is InChI=1S/C23H20F5N5O4/c1-3-16(23(26,27)28)30-21(36)13-8-33(20-14(25)6-11(24)7-29-20)19-12(18(13)35)4-5-17(31-19)32-9-15(34)10(2)22(32)37/h4-8,10,15-16,34H,3,9H2,1-2H3,(H,30,36). The fourth-order valence-corrected chi connectivity index (χ4v) is 3.95. The first-order valence-corrected chi connectivity index (χ1v) is 11.1. The van der Waals surface area contributed by atoms with Crippen molar-refractivity contribution in [3.8, 4) is 5.82 Å². The van der Waals surface area contributed by atoms with Crippen LogP contribution in [0.3, 0.4) is 0 Å². The number of aliphatic hydroxyl groups excluding tert-OH is 1. The number of hydrogen-bond donors (Lipinski definition) is 2. The zero-order valence-corrected chi connectivity index (χ0v) is 19.4. The SMILES string of the molecule is CCC(NC(=O)c1cn(-c2ncc(F)cc2F)c2nc(N3CC(O)C(C)C3=O)ccc2c1=O)C(F)(F)F. The summed E-state index contributed by atoms with van der Waals surface area (Å²) in [6.07, 6.45) is -4.87.